The van der Waals surface area contributed by atoms with Crippen LogP contribution in [0.3, 0.4) is 0 Å². The summed E-state index contributed by atoms with van der Waals surface area (Å²) in [6.07, 6.45) is 3.47. The molecule has 0 aliphatic carbocycles. The Hall–Kier alpha value is -1.97. The summed E-state index contributed by atoms with van der Waals surface area (Å²) in [4.78, 5) is 22.7. The van der Waals surface area contributed by atoms with Crippen molar-refractivity contribution in [3.05, 3.63) is 45.8 Å². The Balaban J connectivity index is 2.74. The lowest BCUT2D eigenvalue weighted by Gasteiger charge is -2.07. The van der Waals surface area contributed by atoms with E-state index in [0.29, 0.717) is 17.1 Å². The number of nitrogens with one attached hydrogen (secondary N) is 1. The van der Waals surface area contributed by atoms with Gasteiger partial charge in [0.05, 0.1) is 5.69 Å². The molecule has 2 aromatic rings. The van der Waals surface area contributed by atoms with Gasteiger partial charge in [0, 0.05) is 23.5 Å². The first-order chi connectivity index (χ1) is 7.59. The van der Waals surface area contributed by atoms with Crippen molar-refractivity contribution >= 4 is 0 Å². The van der Waals surface area contributed by atoms with Crippen molar-refractivity contribution in [2.45, 2.75) is 20.8 Å². The molecule has 4 nitrogen and oxygen atoms in total. The van der Waals surface area contributed by atoms with Gasteiger partial charge in [0.2, 0.25) is 0 Å². The van der Waals surface area contributed by atoms with Crippen LogP contribution in [0.5, 0.6) is 0 Å². The van der Waals surface area contributed by atoms with E-state index in [0.717, 1.165) is 11.1 Å². The highest BCUT2D eigenvalue weighted by Crippen LogP contribution is 2.21. The van der Waals surface area contributed by atoms with Gasteiger partial charge >= 0.3 is 0 Å². The number of H-pyrrole nitrogens is 1. The molecule has 0 atom stereocenters. The summed E-state index contributed by atoms with van der Waals surface area (Å²) in [5.41, 5.74) is 3.23. The van der Waals surface area contributed by atoms with Gasteiger partial charge in [-0.3, -0.25) is 9.78 Å². The first-order valence-electron chi connectivity index (χ1n) is 5.08. The second-order valence-corrected chi connectivity index (χ2v) is 3.82. The molecule has 0 spiro atoms. The van der Waals surface area contributed by atoms with Crippen molar-refractivity contribution < 1.29 is 0 Å². The van der Waals surface area contributed by atoms with Crippen LogP contribution >= 0.6 is 0 Å². The van der Waals surface area contributed by atoms with Gasteiger partial charge in [-0.2, -0.15) is 0 Å². The normalized spacial score (nSPS) is 10.4. The minimum atomic E-state index is -0.0919. The maximum Gasteiger partial charge on any atom is 0.254 e. The van der Waals surface area contributed by atoms with Crippen molar-refractivity contribution in [3.63, 3.8) is 0 Å². The Morgan fingerprint density at radius 2 is 2.00 bits per heavy atom. The number of hydrogen-bond acceptors (Lipinski definition) is 3. The molecule has 0 aliphatic rings. The van der Waals surface area contributed by atoms with Gasteiger partial charge in [-0.25, -0.2) is 4.98 Å². The van der Waals surface area contributed by atoms with Crippen molar-refractivity contribution in [2.75, 3.05) is 0 Å². The van der Waals surface area contributed by atoms with E-state index in [1.165, 1.54) is 0 Å². The van der Waals surface area contributed by atoms with Crippen LogP contribution in [0.15, 0.2) is 23.3 Å². The van der Waals surface area contributed by atoms with Crippen LogP contribution in [0.2, 0.25) is 0 Å². The summed E-state index contributed by atoms with van der Waals surface area (Å²) in [5.74, 6) is 0.619. The average Bonchev–Trinajstić information content (AvgIpc) is 2.24. The Bertz CT molecular complexity index is 587. The van der Waals surface area contributed by atoms with E-state index in [1.54, 1.807) is 26.2 Å². The van der Waals surface area contributed by atoms with Crippen LogP contribution in [-0.4, -0.2) is 15.0 Å². The van der Waals surface area contributed by atoms with Crippen LogP contribution in [0.1, 0.15) is 17.0 Å². The lowest BCUT2D eigenvalue weighted by molar-refractivity contribution is 0.996. The quantitative estimate of drug-likeness (QED) is 0.788. The van der Waals surface area contributed by atoms with Crippen molar-refractivity contribution in [1.82, 2.24) is 15.0 Å². The van der Waals surface area contributed by atoms with E-state index in [9.17, 15) is 4.79 Å². The average molecular weight is 215 g/mol. The Kier molecular flexibility index (Phi) is 2.56. The predicted octanol–water partition coefficient (Wildman–Crippen LogP) is 1.76. The standard InChI is InChI=1S/C12H13N3O/c1-7-4-5-13-6-10(7)11-8(2)12(16)15-9(3)14-11/h4-6H,1-3H3,(H,14,15,16). The summed E-state index contributed by atoms with van der Waals surface area (Å²) in [6, 6.07) is 1.91. The van der Waals surface area contributed by atoms with E-state index < -0.39 is 0 Å². The van der Waals surface area contributed by atoms with Gasteiger partial charge in [0.1, 0.15) is 5.82 Å². The molecule has 0 fully saturated rings. The van der Waals surface area contributed by atoms with Crippen LogP contribution in [0.25, 0.3) is 11.3 Å². The van der Waals surface area contributed by atoms with E-state index >= 15 is 0 Å². The minimum Gasteiger partial charge on any atom is -0.311 e. The molecule has 0 aromatic carbocycles. The van der Waals surface area contributed by atoms with Gasteiger partial charge in [-0.05, 0) is 32.4 Å². The largest absolute Gasteiger partial charge is 0.311 e. The topological polar surface area (TPSA) is 58.6 Å². The number of nitrogens with zero attached hydrogens (tertiary/aromatic N) is 2. The van der Waals surface area contributed by atoms with Crippen molar-refractivity contribution in [1.29, 1.82) is 0 Å². The first kappa shape index (κ1) is 10.5. The fourth-order valence-corrected chi connectivity index (χ4v) is 1.62. The summed E-state index contributed by atoms with van der Waals surface area (Å²) < 4.78 is 0. The summed E-state index contributed by atoms with van der Waals surface area (Å²) in [7, 11) is 0. The van der Waals surface area contributed by atoms with E-state index in [2.05, 4.69) is 15.0 Å². The van der Waals surface area contributed by atoms with E-state index in [-0.39, 0.29) is 5.56 Å². The van der Waals surface area contributed by atoms with Crippen LogP contribution in [0.4, 0.5) is 0 Å². The molecule has 16 heavy (non-hydrogen) atoms. The van der Waals surface area contributed by atoms with Crippen LogP contribution in [-0.2, 0) is 0 Å². The zero-order chi connectivity index (χ0) is 11.7. The maximum absolute atomic E-state index is 11.6. The fourth-order valence-electron chi connectivity index (χ4n) is 1.62. The molecule has 82 valence electrons. The second-order valence-electron chi connectivity index (χ2n) is 3.82. The molecule has 2 heterocycles. The number of aromatic nitrogens is 3. The summed E-state index contributed by atoms with van der Waals surface area (Å²) in [5, 5.41) is 0. The lowest BCUT2D eigenvalue weighted by Crippen LogP contribution is -2.14. The van der Waals surface area contributed by atoms with Crippen molar-refractivity contribution in [2.24, 2.45) is 0 Å². The first-order valence-corrected chi connectivity index (χ1v) is 5.08. The zero-order valence-corrected chi connectivity index (χ0v) is 9.53. The molecule has 4 heteroatoms. The molecule has 0 radical (unpaired) electrons. The third-order valence-corrected chi connectivity index (χ3v) is 2.56. The summed E-state index contributed by atoms with van der Waals surface area (Å²) in [6.45, 7) is 5.53. The molecule has 2 aromatic heterocycles. The summed E-state index contributed by atoms with van der Waals surface area (Å²) >= 11 is 0. The van der Waals surface area contributed by atoms with E-state index in [1.807, 2.05) is 13.0 Å². The third kappa shape index (κ3) is 1.74. The molecule has 0 aliphatic heterocycles. The van der Waals surface area contributed by atoms with Crippen LogP contribution < -0.4 is 5.56 Å². The number of aryl methyl sites for hydroxylation is 2. The molecule has 0 amide bonds. The fraction of sp³-hybridized carbons (Fsp3) is 0.250. The Labute approximate surface area is 93.4 Å². The molecular formula is C12H13N3O. The van der Waals surface area contributed by atoms with Crippen LogP contribution in [0, 0.1) is 20.8 Å². The number of hydrogen-bond donors (Lipinski definition) is 1. The Morgan fingerprint density at radius 1 is 1.25 bits per heavy atom. The van der Waals surface area contributed by atoms with Gasteiger partial charge in [0.15, 0.2) is 0 Å². The minimum absolute atomic E-state index is 0.0919. The lowest BCUT2D eigenvalue weighted by atomic mass is 10.1. The SMILES string of the molecule is Cc1nc(-c2cnccc2C)c(C)c(=O)[nH]1. The number of pyridine rings is 1. The molecule has 0 unspecified atom stereocenters. The maximum atomic E-state index is 11.6. The highest BCUT2D eigenvalue weighted by Gasteiger charge is 2.10. The molecule has 1 N–H and O–H groups in total. The van der Waals surface area contributed by atoms with Crippen molar-refractivity contribution in [3.8, 4) is 11.3 Å². The van der Waals surface area contributed by atoms with Gasteiger partial charge < -0.3 is 4.98 Å². The molecule has 0 bridgehead atoms. The van der Waals surface area contributed by atoms with E-state index in [4.69, 9.17) is 0 Å². The number of rotatable bonds is 1. The predicted molar refractivity (Wildman–Crippen MR) is 62.3 cm³/mol. The molecule has 0 saturated heterocycles. The highest BCUT2D eigenvalue weighted by atomic mass is 16.1. The molecule has 2 rings (SSSR count). The Morgan fingerprint density at radius 3 is 2.69 bits per heavy atom. The smallest absolute Gasteiger partial charge is 0.254 e. The highest BCUT2D eigenvalue weighted by molar-refractivity contribution is 5.64. The third-order valence-electron chi connectivity index (χ3n) is 2.56. The molecular weight excluding hydrogens is 202 g/mol. The molecule has 0 saturated carbocycles. The van der Waals surface area contributed by atoms with Gasteiger partial charge in [-0.15, -0.1) is 0 Å². The van der Waals surface area contributed by atoms with Gasteiger partial charge in [0.25, 0.3) is 5.56 Å². The number of aromatic amines is 1. The monoisotopic (exact) mass is 215 g/mol. The van der Waals surface area contributed by atoms with Gasteiger partial charge in [-0.1, -0.05) is 0 Å². The zero-order valence-electron chi connectivity index (χ0n) is 9.53. The second kappa shape index (κ2) is 3.89.